The Morgan fingerprint density at radius 3 is 2.73 bits per heavy atom. The molecule has 1 aromatic carbocycles. The van der Waals surface area contributed by atoms with Crippen LogP contribution in [0, 0.1) is 0 Å². The summed E-state index contributed by atoms with van der Waals surface area (Å²) >= 11 is 0. The summed E-state index contributed by atoms with van der Waals surface area (Å²) in [5, 5.41) is 0.761. The minimum absolute atomic E-state index is 0.0907. The molecule has 3 heterocycles. The van der Waals surface area contributed by atoms with E-state index in [0.29, 0.717) is 35.8 Å². The number of nitrogens with one attached hydrogen (secondary N) is 2. The zero-order valence-corrected chi connectivity index (χ0v) is 19.5. The highest BCUT2D eigenvalue weighted by Crippen LogP contribution is 2.32. The first-order valence-corrected chi connectivity index (χ1v) is 12.5. The normalized spacial score (nSPS) is 15.0. The first kappa shape index (κ1) is 23.3. The first-order chi connectivity index (χ1) is 15.8. The highest BCUT2D eigenvalue weighted by molar-refractivity contribution is 7.89. The molecule has 2 N–H and O–H groups in total. The highest BCUT2D eigenvalue weighted by atomic mass is 32.2. The Morgan fingerprint density at radius 1 is 1.24 bits per heavy atom. The van der Waals surface area contributed by atoms with Crippen LogP contribution in [0.2, 0.25) is 0 Å². The summed E-state index contributed by atoms with van der Waals surface area (Å²) < 4.78 is 38.0. The molecule has 1 aliphatic heterocycles. The number of pyridine rings is 1. The fourth-order valence-corrected chi connectivity index (χ4v) is 5.20. The number of rotatable bonds is 8. The van der Waals surface area contributed by atoms with Crippen LogP contribution in [0.1, 0.15) is 26.2 Å². The van der Waals surface area contributed by atoms with Gasteiger partial charge in [0.2, 0.25) is 10.0 Å². The number of ether oxygens (including phenoxy) is 2. The number of likely N-dealkylation sites (tertiary alicyclic amines) is 1. The summed E-state index contributed by atoms with van der Waals surface area (Å²) in [6.07, 6.45) is 3.41. The van der Waals surface area contributed by atoms with E-state index in [1.165, 1.54) is 22.6 Å². The van der Waals surface area contributed by atoms with Crippen LogP contribution in [0.3, 0.4) is 0 Å². The van der Waals surface area contributed by atoms with E-state index in [2.05, 4.69) is 14.9 Å². The van der Waals surface area contributed by atoms with Gasteiger partial charge in [0.15, 0.2) is 5.75 Å². The molecular weight excluding hydrogens is 448 g/mol. The summed E-state index contributed by atoms with van der Waals surface area (Å²) in [4.78, 5) is 32.3. The molecule has 0 bridgehead atoms. The van der Waals surface area contributed by atoms with Crippen LogP contribution >= 0.6 is 0 Å². The number of aromatic nitrogens is 2. The monoisotopic (exact) mass is 476 g/mol. The summed E-state index contributed by atoms with van der Waals surface area (Å²) in [6, 6.07) is 4.51. The van der Waals surface area contributed by atoms with Gasteiger partial charge in [-0.2, -0.15) is 4.31 Å². The SMILES string of the molecule is CCCOC(=O)Oc1c[nH]c2c(=O)[nH]c3ccc(S(=O)(=O)N(C)CCN4CCCC4)cc3c12. The predicted octanol–water partition coefficient (Wildman–Crippen LogP) is 2.65. The van der Waals surface area contributed by atoms with Crippen LogP contribution in [-0.4, -0.2) is 73.6 Å². The Bertz CT molecular complexity index is 1320. The molecule has 3 aromatic rings. The molecule has 0 radical (unpaired) electrons. The molecule has 1 aliphatic rings. The van der Waals surface area contributed by atoms with Gasteiger partial charge in [0.05, 0.1) is 16.9 Å². The van der Waals surface area contributed by atoms with Gasteiger partial charge < -0.3 is 24.3 Å². The lowest BCUT2D eigenvalue weighted by Crippen LogP contribution is -2.35. The molecule has 2 aromatic heterocycles. The van der Waals surface area contributed by atoms with Gasteiger partial charge in [-0.25, -0.2) is 13.2 Å². The molecule has 11 heteroatoms. The van der Waals surface area contributed by atoms with Crippen LogP contribution in [0.5, 0.6) is 5.75 Å². The Morgan fingerprint density at radius 2 is 2.00 bits per heavy atom. The summed E-state index contributed by atoms with van der Waals surface area (Å²) in [5.41, 5.74) is 0.197. The molecule has 1 fully saturated rings. The number of sulfonamides is 1. The molecule has 1 saturated heterocycles. The molecule has 178 valence electrons. The van der Waals surface area contributed by atoms with Gasteiger partial charge in [0, 0.05) is 37.2 Å². The Labute approximate surface area is 191 Å². The van der Waals surface area contributed by atoms with Crippen molar-refractivity contribution < 1.29 is 22.7 Å². The second kappa shape index (κ2) is 9.54. The number of hydrogen-bond acceptors (Lipinski definition) is 7. The van der Waals surface area contributed by atoms with Gasteiger partial charge >= 0.3 is 6.16 Å². The van der Waals surface area contributed by atoms with Crippen LogP contribution in [0.15, 0.2) is 34.1 Å². The number of hydrogen-bond donors (Lipinski definition) is 2. The lowest BCUT2D eigenvalue weighted by Gasteiger charge is -2.21. The molecule has 0 saturated carbocycles. The maximum atomic E-state index is 13.2. The molecule has 0 unspecified atom stereocenters. The smallest absolute Gasteiger partial charge is 0.434 e. The first-order valence-electron chi connectivity index (χ1n) is 11.0. The van der Waals surface area contributed by atoms with Crippen molar-refractivity contribution in [3.05, 3.63) is 34.7 Å². The number of nitrogens with zero attached hydrogens (tertiary/aromatic N) is 2. The van der Waals surface area contributed by atoms with E-state index in [1.54, 1.807) is 13.1 Å². The zero-order chi connectivity index (χ0) is 23.6. The number of H-pyrrole nitrogens is 2. The number of aromatic amines is 2. The second-order valence-electron chi connectivity index (χ2n) is 8.14. The molecule has 4 rings (SSSR count). The molecule has 10 nitrogen and oxygen atoms in total. The standard InChI is InChI=1S/C22H28N4O6S/c1-3-12-31-22(28)32-18-14-23-20-19(18)16-13-15(6-7-17(16)24-21(20)27)33(29,30)25(2)10-11-26-8-4-5-9-26/h6-7,13-14,23H,3-5,8-12H2,1-2H3,(H,24,27). The van der Waals surface area contributed by atoms with Gasteiger partial charge in [-0.3, -0.25) is 4.79 Å². The number of carbonyl (C=O) groups excluding carboxylic acids is 1. The minimum Gasteiger partial charge on any atom is -0.434 e. The zero-order valence-electron chi connectivity index (χ0n) is 18.7. The van der Waals surface area contributed by atoms with E-state index < -0.39 is 21.7 Å². The van der Waals surface area contributed by atoms with Gasteiger partial charge in [-0.15, -0.1) is 0 Å². The minimum atomic E-state index is -3.76. The van der Waals surface area contributed by atoms with Crippen molar-refractivity contribution in [1.82, 2.24) is 19.2 Å². The third-order valence-electron chi connectivity index (χ3n) is 5.83. The maximum absolute atomic E-state index is 13.2. The third-order valence-corrected chi connectivity index (χ3v) is 7.69. The molecule has 0 spiro atoms. The Kier molecular flexibility index (Phi) is 6.73. The lowest BCUT2D eigenvalue weighted by atomic mass is 10.1. The number of benzene rings is 1. The van der Waals surface area contributed by atoms with E-state index in [1.807, 2.05) is 6.92 Å². The average Bonchev–Trinajstić information content (AvgIpc) is 3.46. The maximum Gasteiger partial charge on any atom is 0.513 e. The van der Waals surface area contributed by atoms with E-state index >= 15 is 0 Å². The van der Waals surface area contributed by atoms with Crippen molar-refractivity contribution in [3.63, 3.8) is 0 Å². The highest BCUT2D eigenvalue weighted by Gasteiger charge is 2.24. The summed E-state index contributed by atoms with van der Waals surface area (Å²) in [6.45, 7) is 5.10. The van der Waals surface area contributed by atoms with Crippen molar-refractivity contribution in [2.24, 2.45) is 0 Å². The van der Waals surface area contributed by atoms with Crippen LogP contribution in [-0.2, 0) is 14.8 Å². The molecule has 0 aliphatic carbocycles. The number of fused-ring (bicyclic) bond motifs is 3. The van der Waals surface area contributed by atoms with Crippen molar-refractivity contribution in [1.29, 1.82) is 0 Å². The van der Waals surface area contributed by atoms with Crippen molar-refractivity contribution in [3.8, 4) is 5.75 Å². The van der Waals surface area contributed by atoms with Crippen molar-refractivity contribution in [2.75, 3.05) is 39.8 Å². The van der Waals surface area contributed by atoms with Crippen molar-refractivity contribution >= 4 is 38.0 Å². The van der Waals surface area contributed by atoms with Crippen molar-refractivity contribution in [2.45, 2.75) is 31.1 Å². The van der Waals surface area contributed by atoms with E-state index in [-0.39, 0.29) is 22.8 Å². The summed E-state index contributed by atoms with van der Waals surface area (Å²) in [7, 11) is -2.20. The van der Waals surface area contributed by atoms with Crippen LogP contribution in [0.25, 0.3) is 21.8 Å². The van der Waals surface area contributed by atoms with E-state index in [9.17, 15) is 18.0 Å². The van der Waals surface area contributed by atoms with Gasteiger partial charge in [-0.05, 0) is 50.6 Å². The second-order valence-corrected chi connectivity index (χ2v) is 10.2. The Balaban J connectivity index is 1.70. The molecular formula is C22H28N4O6S. The molecule has 0 atom stereocenters. The molecule has 0 amide bonds. The largest absolute Gasteiger partial charge is 0.513 e. The van der Waals surface area contributed by atoms with Gasteiger partial charge in [0.1, 0.15) is 5.52 Å². The van der Waals surface area contributed by atoms with Crippen LogP contribution < -0.4 is 10.3 Å². The average molecular weight is 477 g/mol. The fourth-order valence-electron chi connectivity index (χ4n) is 4.01. The molecule has 33 heavy (non-hydrogen) atoms. The predicted molar refractivity (Wildman–Crippen MR) is 124 cm³/mol. The topological polar surface area (TPSA) is 125 Å². The van der Waals surface area contributed by atoms with Gasteiger partial charge in [0.25, 0.3) is 5.56 Å². The fraction of sp³-hybridized carbons (Fsp3) is 0.455. The van der Waals surface area contributed by atoms with E-state index in [4.69, 9.17) is 9.47 Å². The third kappa shape index (κ3) is 4.75. The number of likely N-dealkylation sites (N-methyl/N-ethyl adjacent to an activating group) is 1. The van der Waals surface area contributed by atoms with Crippen LogP contribution in [0.4, 0.5) is 4.79 Å². The van der Waals surface area contributed by atoms with E-state index in [0.717, 1.165) is 25.9 Å². The lowest BCUT2D eigenvalue weighted by molar-refractivity contribution is 0.0997. The quantitative estimate of drug-likeness (QED) is 0.479. The summed E-state index contributed by atoms with van der Waals surface area (Å²) in [5.74, 6) is 0.0964. The van der Waals surface area contributed by atoms with Gasteiger partial charge in [-0.1, -0.05) is 6.92 Å². The number of carbonyl (C=O) groups is 1. The Hall–Kier alpha value is -2.89.